The van der Waals surface area contributed by atoms with Gasteiger partial charge in [-0.3, -0.25) is 9.59 Å². The van der Waals surface area contributed by atoms with Gasteiger partial charge in [0.2, 0.25) is 12.5 Å². The fraction of sp³-hybridized carbons (Fsp3) is 0.781. The van der Waals surface area contributed by atoms with Crippen molar-refractivity contribution < 1.29 is 37.7 Å². The number of carbonyl (C=O) groups excluding carboxylic acids is 3. The molecule has 7 aliphatic rings. The van der Waals surface area contributed by atoms with E-state index >= 15 is 4.39 Å². The number of rotatable bonds is 5. The Balaban J connectivity index is 1.22. The zero-order valence-electron chi connectivity index (χ0n) is 23.6. The summed E-state index contributed by atoms with van der Waals surface area (Å²) in [5.41, 5.74) is -5.12. The third kappa shape index (κ3) is 2.99. The molecule has 0 radical (unpaired) electrons. The number of fused-ring (bicyclic) bond motifs is 5. The molecule has 6 fully saturated rings. The minimum atomic E-state index is -2.08. The van der Waals surface area contributed by atoms with Crippen LogP contribution in [0.25, 0.3) is 0 Å². The van der Waals surface area contributed by atoms with E-state index in [1.165, 1.54) is 25.0 Å². The largest absolute Gasteiger partial charge is 0.446 e. The molecule has 6 saturated carbocycles. The van der Waals surface area contributed by atoms with Gasteiger partial charge in [0, 0.05) is 29.1 Å². The zero-order valence-corrected chi connectivity index (χ0v) is 23.6. The Morgan fingerprint density at radius 3 is 2.58 bits per heavy atom. The van der Waals surface area contributed by atoms with Crippen LogP contribution in [0.4, 0.5) is 8.78 Å². The van der Waals surface area contributed by atoms with Crippen molar-refractivity contribution in [1.82, 2.24) is 0 Å². The van der Waals surface area contributed by atoms with Gasteiger partial charge in [-0.2, -0.15) is 0 Å². The summed E-state index contributed by atoms with van der Waals surface area (Å²) >= 11 is 0. The Bertz CT molecular complexity index is 1240. The van der Waals surface area contributed by atoms with E-state index in [1.54, 1.807) is 26.8 Å². The molecule has 1 N–H and O–H groups in total. The molecule has 40 heavy (non-hydrogen) atoms. The second-order valence-electron chi connectivity index (χ2n) is 14.6. The molecule has 0 aromatic rings. The summed E-state index contributed by atoms with van der Waals surface area (Å²) < 4.78 is 42.2. The monoisotopic (exact) mass is 558 g/mol. The van der Waals surface area contributed by atoms with Gasteiger partial charge in [0.15, 0.2) is 11.5 Å². The lowest BCUT2D eigenvalue weighted by Crippen LogP contribution is -2.70. The zero-order chi connectivity index (χ0) is 28.5. The van der Waals surface area contributed by atoms with Crippen LogP contribution in [0, 0.1) is 51.8 Å². The van der Waals surface area contributed by atoms with Crippen LogP contribution < -0.4 is 0 Å². The first-order chi connectivity index (χ1) is 18.9. The SMILES string of the molecule is C[C@@H]1C[C@H]2[C@@H]3CCC4=CC(=O)C=C[C@]4(C)[C@@]3(F)[C@@H](O)C[C@]2(C)[C@@]1(OC(=O)C[C@H]1CC23C[C@H]2CC[C@H]13)C(=O)OCF. The van der Waals surface area contributed by atoms with Crippen LogP contribution in [0.3, 0.4) is 0 Å². The normalized spacial score (nSPS) is 53.2. The van der Waals surface area contributed by atoms with Crippen molar-refractivity contribution in [2.75, 3.05) is 6.86 Å². The molecule has 0 aliphatic heterocycles. The minimum Gasteiger partial charge on any atom is -0.446 e. The molecule has 0 amide bonds. The number of esters is 2. The minimum absolute atomic E-state index is 0.148. The lowest BCUT2D eigenvalue weighted by atomic mass is 9.44. The molecule has 1 spiro atoms. The highest BCUT2D eigenvalue weighted by Gasteiger charge is 2.78. The van der Waals surface area contributed by atoms with E-state index in [1.807, 2.05) is 0 Å². The number of allylic oxidation sites excluding steroid dienone is 4. The third-order valence-corrected chi connectivity index (χ3v) is 13.4. The van der Waals surface area contributed by atoms with E-state index in [9.17, 15) is 23.9 Å². The molecule has 6 nitrogen and oxygen atoms in total. The topological polar surface area (TPSA) is 89.9 Å². The third-order valence-electron chi connectivity index (χ3n) is 13.4. The number of hydrogen-bond donors (Lipinski definition) is 1. The van der Waals surface area contributed by atoms with E-state index in [0.717, 1.165) is 18.8 Å². The van der Waals surface area contributed by atoms with Gasteiger partial charge >= 0.3 is 11.9 Å². The Hall–Kier alpha value is -2.09. The van der Waals surface area contributed by atoms with Crippen LogP contribution in [0.1, 0.15) is 78.6 Å². The number of aliphatic hydroxyl groups is 1. The molecule has 218 valence electrons. The molecule has 8 heteroatoms. The number of halogens is 2. The molecule has 1 unspecified atom stereocenters. The summed E-state index contributed by atoms with van der Waals surface area (Å²) in [7, 11) is 0. The number of ether oxygens (including phenoxy) is 2. The summed E-state index contributed by atoms with van der Waals surface area (Å²) in [5.74, 6) is -1.69. The Morgan fingerprint density at radius 1 is 1.10 bits per heavy atom. The van der Waals surface area contributed by atoms with Gasteiger partial charge in [-0.05, 0) is 99.5 Å². The first-order valence-electron chi connectivity index (χ1n) is 15.1. The molecular formula is C32H40F2O6. The molecule has 0 bridgehead atoms. The van der Waals surface area contributed by atoms with E-state index < -0.39 is 64.8 Å². The summed E-state index contributed by atoms with van der Waals surface area (Å²) in [5, 5.41) is 11.7. The van der Waals surface area contributed by atoms with Crippen LogP contribution >= 0.6 is 0 Å². The number of ketones is 1. The standard InChI is InChI=1S/C32H40F2O6/c1-17-10-24-23-7-4-19-12-21(35)8-9-28(19,2)31(23,34)25(36)15-29(24,3)32(17,27(38)39-16-33)40-26(37)11-18-13-30-14-20(30)5-6-22(18)30/h8-9,12,17-18,20,22-25,36H,4-7,10-11,13-16H2,1-3H3/t17-,18+,20-,22-,23+,24+,25+,28+,29+,30?,31+,32+/m1/s1. The molecular weight excluding hydrogens is 518 g/mol. The number of alkyl halides is 2. The van der Waals surface area contributed by atoms with Crippen molar-refractivity contribution in [3.8, 4) is 0 Å². The molecule has 7 rings (SSSR count). The first kappa shape index (κ1) is 26.8. The molecule has 0 aromatic heterocycles. The van der Waals surface area contributed by atoms with Gasteiger partial charge in [0.1, 0.15) is 0 Å². The summed E-state index contributed by atoms with van der Waals surface area (Å²) in [6.07, 6.45) is 8.90. The predicted octanol–water partition coefficient (Wildman–Crippen LogP) is 5.18. The maximum Gasteiger partial charge on any atom is 0.353 e. The smallest absolute Gasteiger partial charge is 0.353 e. The first-order valence-corrected chi connectivity index (χ1v) is 15.1. The van der Waals surface area contributed by atoms with Gasteiger partial charge in [-0.25, -0.2) is 13.6 Å². The molecule has 0 heterocycles. The van der Waals surface area contributed by atoms with Crippen LogP contribution in [0.2, 0.25) is 0 Å². The van der Waals surface area contributed by atoms with E-state index in [2.05, 4.69) is 0 Å². The Morgan fingerprint density at radius 2 is 1.88 bits per heavy atom. The Labute approximate surface area is 233 Å². The maximum absolute atomic E-state index is 17.5. The molecule has 0 aromatic carbocycles. The highest BCUT2D eigenvalue weighted by Crippen LogP contribution is 2.78. The summed E-state index contributed by atoms with van der Waals surface area (Å²) in [6, 6.07) is 0. The second kappa shape index (κ2) is 8.26. The fourth-order valence-corrected chi connectivity index (χ4v) is 11.5. The van der Waals surface area contributed by atoms with Crippen molar-refractivity contribution in [3.63, 3.8) is 0 Å². The van der Waals surface area contributed by atoms with Gasteiger partial charge < -0.3 is 14.6 Å². The summed E-state index contributed by atoms with van der Waals surface area (Å²) in [6.45, 7) is 3.96. The number of hydrogen-bond acceptors (Lipinski definition) is 6. The molecule has 7 aliphatic carbocycles. The van der Waals surface area contributed by atoms with Crippen LogP contribution in [0.5, 0.6) is 0 Å². The summed E-state index contributed by atoms with van der Waals surface area (Å²) in [4.78, 5) is 39.4. The van der Waals surface area contributed by atoms with Crippen molar-refractivity contribution in [3.05, 3.63) is 23.8 Å². The molecule has 0 saturated heterocycles. The van der Waals surface area contributed by atoms with Crippen LogP contribution in [0.15, 0.2) is 23.8 Å². The van der Waals surface area contributed by atoms with E-state index in [-0.39, 0.29) is 24.5 Å². The highest BCUT2D eigenvalue weighted by atomic mass is 19.1. The van der Waals surface area contributed by atoms with Gasteiger partial charge in [-0.15, -0.1) is 0 Å². The predicted molar refractivity (Wildman–Crippen MR) is 140 cm³/mol. The number of carbonyl (C=O) groups is 3. The Kier molecular flexibility index (Phi) is 5.53. The van der Waals surface area contributed by atoms with Gasteiger partial charge in [-0.1, -0.05) is 25.5 Å². The van der Waals surface area contributed by atoms with E-state index in [4.69, 9.17) is 9.47 Å². The van der Waals surface area contributed by atoms with Gasteiger partial charge in [0.25, 0.3) is 0 Å². The lowest BCUT2D eigenvalue weighted by molar-refractivity contribution is -0.238. The number of aliphatic hydroxyl groups excluding tert-OH is 1. The van der Waals surface area contributed by atoms with Crippen molar-refractivity contribution >= 4 is 17.7 Å². The van der Waals surface area contributed by atoms with Crippen molar-refractivity contribution in [2.45, 2.75) is 95.9 Å². The van der Waals surface area contributed by atoms with Gasteiger partial charge in [0.05, 0.1) is 6.10 Å². The lowest BCUT2D eigenvalue weighted by Gasteiger charge is -2.62. The maximum atomic E-state index is 17.5. The van der Waals surface area contributed by atoms with Crippen molar-refractivity contribution in [1.29, 1.82) is 0 Å². The second-order valence-corrected chi connectivity index (χ2v) is 14.6. The van der Waals surface area contributed by atoms with E-state index in [0.29, 0.717) is 36.2 Å². The average molecular weight is 559 g/mol. The molecule has 12 atom stereocenters. The average Bonchev–Trinajstić information content (AvgIpc) is 3.48. The quantitative estimate of drug-likeness (QED) is 0.468. The van der Waals surface area contributed by atoms with Crippen LogP contribution in [-0.4, -0.2) is 47.1 Å². The van der Waals surface area contributed by atoms with Crippen molar-refractivity contribution in [2.24, 2.45) is 51.8 Å². The van der Waals surface area contributed by atoms with Crippen LogP contribution in [-0.2, 0) is 23.9 Å². The fourth-order valence-electron chi connectivity index (χ4n) is 11.5. The highest BCUT2D eigenvalue weighted by molar-refractivity contribution is 6.01.